The van der Waals surface area contributed by atoms with E-state index in [-0.39, 0.29) is 34.1 Å². The van der Waals surface area contributed by atoms with Crippen LogP contribution >= 0.6 is 23.2 Å². The summed E-state index contributed by atoms with van der Waals surface area (Å²) in [7, 11) is 0. The summed E-state index contributed by atoms with van der Waals surface area (Å²) in [4.78, 5) is 17.1. The van der Waals surface area contributed by atoms with Crippen molar-refractivity contribution < 1.29 is 31.3 Å². The number of nitrogens with one attached hydrogen (secondary N) is 1. The highest BCUT2D eigenvalue weighted by molar-refractivity contribution is 7.79. The lowest BCUT2D eigenvalue weighted by molar-refractivity contribution is -0.137. The smallest absolute Gasteiger partial charge is 0.416 e. The normalized spacial score (nSPS) is 15.8. The molecule has 1 aliphatic rings. The Labute approximate surface area is 245 Å². The summed E-state index contributed by atoms with van der Waals surface area (Å²) >= 11 is 11.0. The average molecular weight is 623 g/mol. The van der Waals surface area contributed by atoms with Gasteiger partial charge in [-0.05, 0) is 66.2 Å². The van der Waals surface area contributed by atoms with Crippen LogP contribution in [0.25, 0.3) is 11.4 Å². The van der Waals surface area contributed by atoms with Crippen LogP contribution in [0.2, 0.25) is 10.0 Å². The fraction of sp³-hybridized carbons (Fsp3) is 0.250. The summed E-state index contributed by atoms with van der Waals surface area (Å²) < 4.78 is 66.5. The summed E-state index contributed by atoms with van der Waals surface area (Å²) in [6.45, 7) is 1.57. The molecule has 7 nitrogen and oxygen atoms in total. The third-order valence-corrected chi connectivity index (χ3v) is 8.41. The van der Waals surface area contributed by atoms with Gasteiger partial charge in [0, 0.05) is 32.1 Å². The molecule has 1 aliphatic carbocycles. The minimum Gasteiger partial charge on any atom is -0.772 e. The molecule has 214 valence electrons. The molecule has 4 aromatic rings. The molecular weight excluding hydrogens is 602 g/mol. The van der Waals surface area contributed by atoms with E-state index < -0.39 is 33.5 Å². The van der Waals surface area contributed by atoms with Crippen molar-refractivity contribution in [2.75, 3.05) is 5.32 Å². The van der Waals surface area contributed by atoms with Gasteiger partial charge in [0.1, 0.15) is 0 Å². The summed E-state index contributed by atoms with van der Waals surface area (Å²) in [6, 6.07) is 14.3. The number of halogens is 5. The van der Waals surface area contributed by atoms with E-state index in [1.165, 1.54) is 12.1 Å². The quantitative estimate of drug-likeness (QED) is 0.207. The lowest BCUT2D eigenvalue weighted by Crippen LogP contribution is -2.16. The molecule has 0 spiro atoms. The molecule has 13 heteroatoms. The van der Waals surface area contributed by atoms with Gasteiger partial charge in [0.25, 0.3) is 0 Å². The fourth-order valence-corrected chi connectivity index (χ4v) is 5.78. The van der Waals surface area contributed by atoms with E-state index >= 15 is 0 Å². The zero-order valence-electron chi connectivity index (χ0n) is 21.3. The molecule has 2 atom stereocenters. The molecule has 41 heavy (non-hydrogen) atoms. The summed E-state index contributed by atoms with van der Waals surface area (Å²) in [5.74, 6) is 0.0590. The number of anilines is 1. The summed E-state index contributed by atoms with van der Waals surface area (Å²) in [5, 5.41) is 6.63. The van der Waals surface area contributed by atoms with Crippen LogP contribution in [0.3, 0.4) is 0 Å². The van der Waals surface area contributed by atoms with Crippen LogP contribution in [-0.2, 0) is 33.9 Å². The van der Waals surface area contributed by atoms with Gasteiger partial charge in [-0.3, -0.25) is 9.00 Å². The Morgan fingerprint density at radius 1 is 1.10 bits per heavy atom. The van der Waals surface area contributed by atoms with E-state index in [4.69, 9.17) is 27.7 Å². The summed E-state index contributed by atoms with van der Waals surface area (Å²) in [5.41, 5.74) is 1.09. The summed E-state index contributed by atoms with van der Waals surface area (Å²) in [6.07, 6.45) is -3.18. The molecule has 0 saturated heterocycles. The number of rotatable bonds is 8. The topological polar surface area (TPSA) is 108 Å². The minimum absolute atomic E-state index is 0.0464. The second-order valence-corrected chi connectivity index (χ2v) is 11.8. The van der Waals surface area contributed by atoms with Crippen LogP contribution < -0.4 is 5.32 Å². The molecule has 1 saturated carbocycles. The highest BCUT2D eigenvalue weighted by Gasteiger charge is 2.53. The number of carbonyl (C=O) groups excluding carboxylic acids is 1. The first kappa shape index (κ1) is 29.2. The Morgan fingerprint density at radius 2 is 1.71 bits per heavy atom. The van der Waals surface area contributed by atoms with Gasteiger partial charge in [-0.25, -0.2) is 0 Å². The molecule has 1 heterocycles. The van der Waals surface area contributed by atoms with E-state index in [2.05, 4.69) is 15.5 Å². The average Bonchev–Trinajstić information content (AvgIpc) is 3.53. The standard InChI is InChI=1S/C28H22Cl2F3N3O4S/c1-15(41(38)39)17-4-2-16(3-5-17)12-23(37)34-20-13-21(29)24(22(30)14-20)27(10-11-27)26-35-25(36-40-26)18-6-8-19(9-7-18)28(31,32)33/h2-9,13-15H,10-12H2,1H3,(H,34,37)(H,38,39)/p-1. The largest absolute Gasteiger partial charge is 0.772 e. The second kappa shape index (κ2) is 11.2. The number of hydrogen-bond acceptors (Lipinski definition) is 6. The predicted molar refractivity (Wildman–Crippen MR) is 147 cm³/mol. The zero-order valence-corrected chi connectivity index (χ0v) is 23.6. The maximum atomic E-state index is 12.9. The monoisotopic (exact) mass is 622 g/mol. The van der Waals surface area contributed by atoms with Gasteiger partial charge in [-0.1, -0.05) is 64.8 Å². The maximum absolute atomic E-state index is 12.9. The van der Waals surface area contributed by atoms with Crippen molar-refractivity contribution in [3.05, 3.63) is 98.9 Å². The molecule has 1 aromatic heterocycles. The molecule has 0 bridgehead atoms. The van der Waals surface area contributed by atoms with E-state index in [0.29, 0.717) is 40.8 Å². The lowest BCUT2D eigenvalue weighted by Gasteiger charge is -2.17. The molecule has 3 aromatic carbocycles. The van der Waals surface area contributed by atoms with Crippen molar-refractivity contribution in [1.29, 1.82) is 0 Å². The van der Waals surface area contributed by atoms with Gasteiger partial charge in [0.05, 0.1) is 17.4 Å². The molecular formula is C28H21Cl2F3N3O4S-. The van der Waals surface area contributed by atoms with Gasteiger partial charge in [-0.15, -0.1) is 0 Å². The zero-order chi connectivity index (χ0) is 29.5. The van der Waals surface area contributed by atoms with Gasteiger partial charge < -0.3 is 14.4 Å². The highest BCUT2D eigenvalue weighted by Crippen LogP contribution is 2.57. The third kappa shape index (κ3) is 6.18. The van der Waals surface area contributed by atoms with E-state index in [0.717, 1.165) is 12.1 Å². The van der Waals surface area contributed by atoms with Crippen LogP contribution in [0.5, 0.6) is 0 Å². The Bertz CT molecular complexity index is 1600. The van der Waals surface area contributed by atoms with Crippen molar-refractivity contribution in [1.82, 2.24) is 10.1 Å². The van der Waals surface area contributed by atoms with Crippen LogP contribution in [0.1, 0.15) is 53.2 Å². The number of hydrogen-bond donors (Lipinski definition) is 1. The number of carbonyl (C=O) groups is 1. The van der Waals surface area contributed by atoms with Crippen molar-refractivity contribution in [3.8, 4) is 11.4 Å². The van der Waals surface area contributed by atoms with Gasteiger partial charge in [0.2, 0.25) is 17.6 Å². The number of aromatic nitrogens is 2. The van der Waals surface area contributed by atoms with Crippen LogP contribution in [0.15, 0.2) is 65.2 Å². The fourth-order valence-electron chi connectivity index (χ4n) is 4.55. The molecule has 1 fully saturated rings. The Balaban J connectivity index is 1.30. The minimum atomic E-state index is -4.45. The predicted octanol–water partition coefficient (Wildman–Crippen LogP) is 7.26. The first-order valence-electron chi connectivity index (χ1n) is 12.4. The lowest BCUT2D eigenvalue weighted by atomic mass is 9.95. The van der Waals surface area contributed by atoms with E-state index in [1.54, 1.807) is 43.3 Å². The van der Waals surface area contributed by atoms with E-state index in [9.17, 15) is 26.7 Å². The number of nitrogens with zero attached hydrogens (tertiary/aromatic N) is 2. The molecule has 2 unspecified atom stereocenters. The highest BCUT2D eigenvalue weighted by atomic mass is 35.5. The van der Waals surface area contributed by atoms with Crippen LogP contribution in [-0.4, -0.2) is 24.8 Å². The first-order valence-corrected chi connectivity index (χ1v) is 14.2. The van der Waals surface area contributed by atoms with Gasteiger partial charge >= 0.3 is 6.18 Å². The molecule has 1 N–H and O–H groups in total. The number of benzene rings is 3. The molecule has 0 aliphatic heterocycles. The third-order valence-electron chi connectivity index (χ3n) is 6.96. The Kier molecular flexibility index (Phi) is 7.99. The molecule has 0 radical (unpaired) electrons. The Hall–Kier alpha value is -3.25. The SMILES string of the molecule is CC(c1ccc(CC(=O)Nc2cc(Cl)c(C3(c4nc(-c5ccc(C(F)(F)F)cc5)no4)CC3)c(Cl)c2)cc1)S(=O)[O-]. The van der Waals surface area contributed by atoms with Crippen molar-refractivity contribution in [3.63, 3.8) is 0 Å². The first-order chi connectivity index (χ1) is 19.4. The van der Waals surface area contributed by atoms with Crippen molar-refractivity contribution >= 4 is 45.9 Å². The van der Waals surface area contributed by atoms with Crippen molar-refractivity contribution in [2.45, 2.75) is 43.0 Å². The van der Waals surface area contributed by atoms with Gasteiger partial charge in [-0.2, -0.15) is 18.2 Å². The second-order valence-electron chi connectivity index (χ2n) is 9.76. The van der Waals surface area contributed by atoms with E-state index in [1.807, 2.05) is 0 Å². The number of amides is 1. The number of alkyl halides is 3. The molecule has 5 rings (SSSR count). The Morgan fingerprint density at radius 3 is 2.24 bits per heavy atom. The van der Waals surface area contributed by atoms with Crippen LogP contribution in [0.4, 0.5) is 18.9 Å². The van der Waals surface area contributed by atoms with Crippen LogP contribution in [0, 0.1) is 0 Å². The molecule has 1 amide bonds. The van der Waals surface area contributed by atoms with Crippen molar-refractivity contribution in [2.24, 2.45) is 0 Å². The maximum Gasteiger partial charge on any atom is 0.416 e. The van der Waals surface area contributed by atoms with Gasteiger partial charge in [0.15, 0.2) is 0 Å².